The van der Waals surface area contributed by atoms with Crippen molar-refractivity contribution in [3.63, 3.8) is 0 Å². The van der Waals surface area contributed by atoms with Crippen molar-refractivity contribution in [2.45, 2.75) is 38.4 Å². The highest BCUT2D eigenvalue weighted by molar-refractivity contribution is 6.62. The van der Waals surface area contributed by atoms with E-state index < -0.39 is 13.1 Å². The predicted octanol–water partition coefficient (Wildman–Crippen LogP) is 1.23. The minimum Gasteiger partial charge on any atom is -0.508 e. The Hall–Kier alpha value is -1.53. The number of fused-ring (bicyclic) bond motifs is 1. The molecule has 0 bridgehead atoms. The molecule has 1 aliphatic heterocycles. The van der Waals surface area contributed by atoms with E-state index in [1.165, 1.54) is 6.07 Å². The summed E-state index contributed by atoms with van der Waals surface area (Å²) in [5, 5.41) is 9.76. The van der Waals surface area contributed by atoms with Gasteiger partial charge in [0.1, 0.15) is 5.75 Å². The van der Waals surface area contributed by atoms with Crippen LogP contribution in [0, 0.1) is 0 Å². The Morgan fingerprint density at radius 3 is 2.60 bits per heavy atom. The summed E-state index contributed by atoms with van der Waals surface area (Å²) >= 11 is 0. The van der Waals surface area contributed by atoms with Crippen LogP contribution in [-0.4, -0.2) is 36.0 Å². The average molecular weight is 276 g/mol. The van der Waals surface area contributed by atoms with Gasteiger partial charge >= 0.3 is 13.1 Å². The molecule has 0 radical (unpaired) electrons. The maximum atomic E-state index is 11.7. The number of rotatable bonds is 3. The number of benzene rings is 1. The molecule has 2 unspecified atom stereocenters. The fourth-order valence-electron chi connectivity index (χ4n) is 2.67. The van der Waals surface area contributed by atoms with Gasteiger partial charge < -0.3 is 19.2 Å². The number of hydrogen-bond acceptors (Lipinski definition) is 5. The second-order valence-electron chi connectivity index (χ2n) is 5.74. The van der Waals surface area contributed by atoms with E-state index in [0.717, 1.165) is 6.42 Å². The Morgan fingerprint density at radius 2 is 2.00 bits per heavy atom. The molecule has 1 N–H and O–H groups in total. The van der Waals surface area contributed by atoms with Crippen LogP contribution in [0.25, 0.3) is 0 Å². The van der Waals surface area contributed by atoms with Crippen molar-refractivity contribution in [3.8, 4) is 5.75 Å². The van der Waals surface area contributed by atoms with E-state index in [9.17, 15) is 9.90 Å². The normalized spacial score (nSPS) is 31.1. The third-order valence-corrected chi connectivity index (χ3v) is 4.13. The topological polar surface area (TPSA) is 65.0 Å². The lowest BCUT2D eigenvalue weighted by Crippen LogP contribution is -2.36. The third-order valence-electron chi connectivity index (χ3n) is 4.13. The Kier molecular flexibility index (Phi) is 2.85. The van der Waals surface area contributed by atoms with Crippen LogP contribution < -0.4 is 5.46 Å². The standard InChI is InChI=1S/C14H17BO5/c1-4-18-12(17)9-5-10(7-11(16)6-9)15-19-13(2)8-14(13,3)20-15/h5-7,16H,4,8H2,1-3H3. The van der Waals surface area contributed by atoms with Crippen LogP contribution in [0.2, 0.25) is 0 Å². The molecule has 6 heteroatoms. The molecule has 2 atom stereocenters. The van der Waals surface area contributed by atoms with Gasteiger partial charge in [0.05, 0.1) is 23.4 Å². The second-order valence-corrected chi connectivity index (χ2v) is 5.74. The second kappa shape index (κ2) is 4.23. The largest absolute Gasteiger partial charge is 0.508 e. The van der Waals surface area contributed by atoms with Gasteiger partial charge in [0.25, 0.3) is 0 Å². The monoisotopic (exact) mass is 276 g/mol. The van der Waals surface area contributed by atoms with Gasteiger partial charge in [-0.3, -0.25) is 0 Å². The molecule has 0 spiro atoms. The summed E-state index contributed by atoms with van der Waals surface area (Å²) in [7, 11) is -0.556. The van der Waals surface area contributed by atoms with E-state index in [1.54, 1.807) is 19.1 Å². The molecule has 0 aromatic heterocycles. The predicted molar refractivity (Wildman–Crippen MR) is 73.0 cm³/mol. The summed E-state index contributed by atoms with van der Waals surface area (Å²) in [5.41, 5.74) is 0.382. The number of phenols is 1. The zero-order chi connectivity index (χ0) is 14.5. The third kappa shape index (κ3) is 1.99. The molecular weight excluding hydrogens is 259 g/mol. The zero-order valence-corrected chi connectivity index (χ0v) is 11.8. The molecule has 1 aromatic carbocycles. The summed E-state index contributed by atoms with van der Waals surface area (Å²) in [4.78, 5) is 11.7. The molecule has 1 aromatic rings. The lowest BCUT2D eigenvalue weighted by Gasteiger charge is -2.12. The smallest absolute Gasteiger partial charge is 0.495 e. The van der Waals surface area contributed by atoms with E-state index in [2.05, 4.69) is 0 Å². The fourth-order valence-corrected chi connectivity index (χ4v) is 2.67. The van der Waals surface area contributed by atoms with Crippen LogP contribution in [0.5, 0.6) is 5.75 Å². The Balaban J connectivity index is 1.86. The molecular formula is C14H17BO5. The molecule has 1 saturated heterocycles. The molecule has 3 rings (SSSR count). The fraction of sp³-hybridized carbons (Fsp3) is 0.500. The molecule has 106 valence electrons. The number of carbonyl (C=O) groups is 1. The molecule has 2 aliphatic rings. The van der Waals surface area contributed by atoms with E-state index in [0.29, 0.717) is 11.0 Å². The summed E-state index contributed by atoms with van der Waals surface area (Å²) in [6.07, 6.45) is 0.861. The number of aromatic hydroxyl groups is 1. The Labute approximate surface area is 118 Å². The maximum Gasteiger partial charge on any atom is 0.495 e. The van der Waals surface area contributed by atoms with Gasteiger partial charge in [-0.05, 0) is 44.4 Å². The highest BCUT2D eigenvalue weighted by atomic mass is 16.7. The number of phenolic OH excluding ortho intramolecular Hbond substituents is 1. The first-order chi connectivity index (χ1) is 9.37. The van der Waals surface area contributed by atoms with Crippen LogP contribution in [0.1, 0.15) is 37.6 Å². The molecule has 1 saturated carbocycles. The van der Waals surface area contributed by atoms with Gasteiger partial charge in [-0.25, -0.2) is 4.79 Å². The van der Waals surface area contributed by atoms with E-state index >= 15 is 0 Å². The van der Waals surface area contributed by atoms with Crippen molar-refractivity contribution in [3.05, 3.63) is 23.8 Å². The quantitative estimate of drug-likeness (QED) is 0.664. The molecule has 2 fully saturated rings. The number of esters is 1. The zero-order valence-electron chi connectivity index (χ0n) is 11.8. The van der Waals surface area contributed by atoms with Crippen LogP contribution in [0.15, 0.2) is 18.2 Å². The van der Waals surface area contributed by atoms with E-state index in [-0.39, 0.29) is 23.6 Å². The number of ether oxygens (including phenoxy) is 1. The summed E-state index contributed by atoms with van der Waals surface area (Å²) < 4.78 is 16.7. The summed E-state index contributed by atoms with van der Waals surface area (Å²) in [6.45, 7) is 6.03. The van der Waals surface area contributed by atoms with Crippen LogP contribution in [-0.2, 0) is 14.0 Å². The minimum absolute atomic E-state index is 0.00590. The lowest BCUT2D eigenvalue weighted by atomic mass is 9.78. The van der Waals surface area contributed by atoms with Gasteiger partial charge in [0.15, 0.2) is 0 Å². The van der Waals surface area contributed by atoms with E-state index in [4.69, 9.17) is 14.0 Å². The van der Waals surface area contributed by atoms with Gasteiger partial charge in [-0.2, -0.15) is 0 Å². The SMILES string of the molecule is CCOC(=O)c1cc(O)cc(B2OC3(C)CC3(C)O2)c1. The highest BCUT2D eigenvalue weighted by Gasteiger charge is 2.71. The van der Waals surface area contributed by atoms with E-state index in [1.807, 2.05) is 13.8 Å². The summed E-state index contributed by atoms with van der Waals surface area (Å²) in [6, 6.07) is 4.56. The Morgan fingerprint density at radius 1 is 1.35 bits per heavy atom. The van der Waals surface area contributed by atoms with Crippen LogP contribution in [0.3, 0.4) is 0 Å². The highest BCUT2D eigenvalue weighted by Crippen LogP contribution is 2.58. The lowest BCUT2D eigenvalue weighted by molar-refractivity contribution is 0.0526. The van der Waals surface area contributed by atoms with Crippen molar-refractivity contribution < 1.29 is 23.9 Å². The van der Waals surface area contributed by atoms with Gasteiger partial charge in [0.2, 0.25) is 0 Å². The molecule has 5 nitrogen and oxygen atoms in total. The average Bonchev–Trinajstić information content (AvgIpc) is 2.78. The Bertz CT molecular complexity index is 559. The maximum absolute atomic E-state index is 11.7. The first-order valence-electron chi connectivity index (χ1n) is 6.74. The van der Waals surface area contributed by atoms with Crippen LogP contribution >= 0.6 is 0 Å². The first-order valence-corrected chi connectivity index (χ1v) is 6.74. The molecule has 20 heavy (non-hydrogen) atoms. The van der Waals surface area contributed by atoms with Crippen molar-refractivity contribution in [2.75, 3.05) is 6.61 Å². The summed E-state index contributed by atoms with van der Waals surface area (Å²) in [5.74, 6) is -0.473. The van der Waals surface area contributed by atoms with Crippen molar-refractivity contribution in [1.29, 1.82) is 0 Å². The van der Waals surface area contributed by atoms with Crippen LogP contribution in [0.4, 0.5) is 0 Å². The van der Waals surface area contributed by atoms with Gasteiger partial charge in [-0.15, -0.1) is 0 Å². The molecule has 0 amide bonds. The number of carbonyl (C=O) groups excluding carboxylic acids is 1. The minimum atomic E-state index is -0.556. The van der Waals surface area contributed by atoms with Gasteiger partial charge in [0, 0.05) is 6.42 Å². The number of hydrogen-bond donors (Lipinski definition) is 1. The molecule has 1 aliphatic carbocycles. The van der Waals surface area contributed by atoms with Crippen molar-refractivity contribution in [1.82, 2.24) is 0 Å². The molecule has 1 heterocycles. The van der Waals surface area contributed by atoms with Gasteiger partial charge in [-0.1, -0.05) is 0 Å². The first kappa shape index (κ1) is 13.5. The van der Waals surface area contributed by atoms with Crippen molar-refractivity contribution in [2.24, 2.45) is 0 Å². The van der Waals surface area contributed by atoms with Crippen molar-refractivity contribution >= 4 is 18.6 Å².